The molecule has 0 bridgehead atoms. The molecule has 0 N–H and O–H groups in total. The van der Waals surface area contributed by atoms with E-state index >= 15 is 0 Å². The normalized spacial score (nSPS) is 11.6. The molecule has 5 rings (SSSR count). The van der Waals surface area contributed by atoms with Crippen molar-refractivity contribution in [3.63, 3.8) is 0 Å². The third-order valence-corrected chi connectivity index (χ3v) is 5.81. The van der Waals surface area contributed by atoms with Crippen molar-refractivity contribution in [1.29, 1.82) is 0 Å². The molecule has 3 heterocycles. The number of hydrogen-bond acceptors (Lipinski definition) is 5. The van der Waals surface area contributed by atoms with Crippen LogP contribution in [0.5, 0.6) is 5.75 Å². The van der Waals surface area contributed by atoms with Crippen molar-refractivity contribution in [1.82, 2.24) is 24.1 Å². The van der Waals surface area contributed by atoms with Crippen LogP contribution in [0.15, 0.2) is 59.7 Å². The SMILES string of the molecule is CCCCCCn1cnc2c(c1=O)c1nc3ccccc3nc1n2-c1ccccc1OC. The van der Waals surface area contributed by atoms with Crippen LogP contribution in [0.25, 0.3) is 38.9 Å². The maximum Gasteiger partial charge on any atom is 0.265 e. The second-order valence-electron chi connectivity index (χ2n) is 7.89. The minimum atomic E-state index is -0.0882. The highest BCUT2D eigenvalue weighted by atomic mass is 16.5. The van der Waals surface area contributed by atoms with E-state index in [2.05, 4.69) is 6.92 Å². The van der Waals surface area contributed by atoms with Gasteiger partial charge in [0.15, 0.2) is 11.3 Å². The van der Waals surface area contributed by atoms with Crippen LogP contribution in [-0.4, -0.2) is 31.2 Å². The number of nitrogens with zero attached hydrogens (tertiary/aromatic N) is 5. The Morgan fingerprint density at radius 2 is 1.66 bits per heavy atom. The number of hydrogen-bond donors (Lipinski definition) is 0. The highest BCUT2D eigenvalue weighted by Gasteiger charge is 2.22. The highest BCUT2D eigenvalue weighted by molar-refractivity contribution is 6.06. The van der Waals surface area contributed by atoms with Crippen molar-refractivity contribution in [3.05, 3.63) is 65.2 Å². The molecule has 32 heavy (non-hydrogen) atoms. The predicted octanol–water partition coefficient (Wildman–Crippen LogP) is 4.87. The van der Waals surface area contributed by atoms with Gasteiger partial charge in [-0.15, -0.1) is 0 Å². The highest BCUT2D eigenvalue weighted by Crippen LogP contribution is 2.32. The van der Waals surface area contributed by atoms with Gasteiger partial charge in [0.25, 0.3) is 5.56 Å². The monoisotopic (exact) mass is 427 g/mol. The molecule has 0 spiro atoms. The maximum atomic E-state index is 13.6. The van der Waals surface area contributed by atoms with Gasteiger partial charge in [-0.1, -0.05) is 50.5 Å². The number of aromatic nitrogens is 5. The van der Waals surface area contributed by atoms with Crippen LogP contribution in [-0.2, 0) is 6.54 Å². The van der Waals surface area contributed by atoms with Gasteiger partial charge in [0.2, 0.25) is 0 Å². The van der Waals surface area contributed by atoms with Gasteiger partial charge in [0, 0.05) is 6.54 Å². The van der Waals surface area contributed by atoms with Gasteiger partial charge < -0.3 is 4.74 Å². The summed E-state index contributed by atoms with van der Waals surface area (Å²) in [5.41, 5.74) is 3.88. The van der Waals surface area contributed by atoms with E-state index in [9.17, 15) is 4.79 Å². The molecule has 2 aromatic carbocycles. The van der Waals surface area contributed by atoms with E-state index in [-0.39, 0.29) is 5.56 Å². The first-order valence-electron chi connectivity index (χ1n) is 11.0. The van der Waals surface area contributed by atoms with Gasteiger partial charge in [0.05, 0.1) is 30.2 Å². The van der Waals surface area contributed by atoms with Crippen molar-refractivity contribution < 1.29 is 4.74 Å². The summed E-state index contributed by atoms with van der Waals surface area (Å²) < 4.78 is 9.18. The Labute approximate surface area is 185 Å². The van der Waals surface area contributed by atoms with Crippen LogP contribution >= 0.6 is 0 Å². The summed E-state index contributed by atoms with van der Waals surface area (Å²) in [5.74, 6) is 0.673. The van der Waals surface area contributed by atoms with Gasteiger partial charge in [-0.2, -0.15) is 0 Å². The quantitative estimate of drug-likeness (QED) is 0.346. The molecule has 7 heteroatoms. The van der Waals surface area contributed by atoms with E-state index in [4.69, 9.17) is 19.7 Å². The molecule has 0 atom stereocenters. The number of aryl methyl sites for hydroxylation is 1. The molecule has 0 fully saturated rings. The van der Waals surface area contributed by atoms with Gasteiger partial charge in [0.1, 0.15) is 16.7 Å². The first kappa shape index (κ1) is 20.2. The molecule has 0 aliphatic heterocycles. The summed E-state index contributed by atoms with van der Waals surface area (Å²) in [6.45, 7) is 2.82. The van der Waals surface area contributed by atoms with Crippen LogP contribution in [0.1, 0.15) is 32.6 Å². The van der Waals surface area contributed by atoms with Crippen molar-refractivity contribution in [2.24, 2.45) is 0 Å². The lowest BCUT2D eigenvalue weighted by atomic mass is 10.2. The average molecular weight is 428 g/mol. The number of benzene rings is 2. The molecule has 3 aromatic heterocycles. The summed E-state index contributed by atoms with van der Waals surface area (Å²) in [5, 5.41) is 0.488. The molecule has 0 aliphatic carbocycles. The van der Waals surface area contributed by atoms with Crippen LogP contribution in [0, 0.1) is 0 Å². The molecular formula is C25H25N5O2. The van der Waals surface area contributed by atoms with E-state index in [1.165, 1.54) is 0 Å². The average Bonchev–Trinajstić information content (AvgIpc) is 3.15. The Bertz CT molecular complexity index is 1490. The number of methoxy groups -OCH3 is 1. The van der Waals surface area contributed by atoms with Gasteiger partial charge in [-0.05, 0) is 30.7 Å². The lowest BCUT2D eigenvalue weighted by Gasteiger charge is -2.11. The fraction of sp³-hybridized carbons (Fsp3) is 0.280. The minimum absolute atomic E-state index is 0.0882. The lowest BCUT2D eigenvalue weighted by molar-refractivity contribution is 0.413. The van der Waals surface area contributed by atoms with Crippen LogP contribution < -0.4 is 10.3 Å². The maximum absolute atomic E-state index is 13.6. The number of unbranched alkanes of at least 4 members (excludes halogenated alkanes) is 3. The Hall–Kier alpha value is -3.74. The van der Waals surface area contributed by atoms with Crippen molar-refractivity contribution >= 4 is 33.2 Å². The van der Waals surface area contributed by atoms with E-state index in [0.717, 1.165) is 42.4 Å². The summed E-state index contributed by atoms with van der Waals surface area (Å²) in [6.07, 6.45) is 5.99. The van der Waals surface area contributed by atoms with Crippen LogP contribution in [0.2, 0.25) is 0 Å². The largest absolute Gasteiger partial charge is 0.495 e. The zero-order valence-electron chi connectivity index (χ0n) is 18.3. The van der Waals surface area contributed by atoms with E-state index in [1.807, 2.05) is 53.1 Å². The number of fused-ring (bicyclic) bond motifs is 4. The van der Waals surface area contributed by atoms with Gasteiger partial charge >= 0.3 is 0 Å². The first-order chi connectivity index (χ1) is 15.7. The minimum Gasteiger partial charge on any atom is -0.495 e. The fourth-order valence-corrected chi connectivity index (χ4v) is 4.18. The Balaban J connectivity index is 1.82. The second kappa shape index (κ2) is 8.42. The first-order valence-corrected chi connectivity index (χ1v) is 11.0. The van der Waals surface area contributed by atoms with E-state index in [0.29, 0.717) is 34.5 Å². The molecule has 0 radical (unpaired) electrons. The predicted molar refractivity (Wildman–Crippen MR) is 127 cm³/mol. The molecule has 0 unspecified atom stereocenters. The number of para-hydroxylation sites is 4. The Morgan fingerprint density at radius 3 is 2.44 bits per heavy atom. The third kappa shape index (κ3) is 3.30. The van der Waals surface area contributed by atoms with E-state index < -0.39 is 0 Å². The van der Waals surface area contributed by atoms with Crippen molar-refractivity contribution in [2.75, 3.05) is 7.11 Å². The molecule has 0 amide bonds. The molecule has 162 valence electrons. The Morgan fingerprint density at radius 1 is 0.906 bits per heavy atom. The molecule has 0 aliphatic rings. The lowest BCUT2D eigenvalue weighted by Crippen LogP contribution is -2.20. The van der Waals surface area contributed by atoms with Crippen molar-refractivity contribution in [2.45, 2.75) is 39.2 Å². The van der Waals surface area contributed by atoms with Crippen molar-refractivity contribution in [3.8, 4) is 11.4 Å². The molecule has 7 nitrogen and oxygen atoms in total. The zero-order chi connectivity index (χ0) is 22.1. The van der Waals surface area contributed by atoms with E-state index in [1.54, 1.807) is 18.0 Å². The fourth-order valence-electron chi connectivity index (χ4n) is 4.18. The van der Waals surface area contributed by atoms with Gasteiger partial charge in [-0.3, -0.25) is 13.9 Å². The summed E-state index contributed by atoms with van der Waals surface area (Å²) in [7, 11) is 1.63. The Kier molecular flexibility index (Phi) is 5.31. The summed E-state index contributed by atoms with van der Waals surface area (Å²) in [4.78, 5) is 28.0. The standard InChI is InChI=1S/C25H25N5O2/c1-3-4-5-10-15-29-16-26-23-21(25(29)31)22-24(28-18-12-7-6-11-17(18)27-22)30(23)19-13-8-9-14-20(19)32-2/h6-9,11-14,16H,3-5,10,15H2,1-2H3. The molecule has 0 saturated heterocycles. The van der Waals surface area contributed by atoms with Crippen LogP contribution in [0.3, 0.4) is 0 Å². The zero-order valence-corrected chi connectivity index (χ0v) is 18.3. The summed E-state index contributed by atoms with van der Waals surface area (Å²) >= 11 is 0. The molecule has 5 aromatic rings. The number of ether oxygens (including phenoxy) is 1. The summed E-state index contributed by atoms with van der Waals surface area (Å²) in [6, 6.07) is 15.3. The molecule has 0 saturated carbocycles. The second-order valence-corrected chi connectivity index (χ2v) is 7.89. The third-order valence-electron chi connectivity index (χ3n) is 5.81. The molecular weight excluding hydrogens is 402 g/mol. The van der Waals surface area contributed by atoms with Gasteiger partial charge in [-0.25, -0.2) is 15.0 Å². The topological polar surface area (TPSA) is 74.8 Å². The smallest absolute Gasteiger partial charge is 0.265 e. The number of rotatable bonds is 7. The van der Waals surface area contributed by atoms with Crippen LogP contribution in [0.4, 0.5) is 0 Å².